The number of carbonyl (C=O) groups is 2. The summed E-state index contributed by atoms with van der Waals surface area (Å²) in [5.74, 6) is -1.11. The molecule has 0 amide bonds. The molecule has 2 aliphatic heterocycles. The van der Waals surface area contributed by atoms with Gasteiger partial charge in [0.05, 0.1) is 24.3 Å². The minimum Gasteiger partial charge on any atom is -0.459 e. The predicted molar refractivity (Wildman–Crippen MR) is 101 cm³/mol. The minimum atomic E-state index is -0.555. The van der Waals surface area contributed by atoms with E-state index in [0.717, 1.165) is 16.2 Å². The summed E-state index contributed by atoms with van der Waals surface area (Å²) in [4.78, 5) is 25.5. The third kappa shape index (κ3) is 3.44. The maximum absolute atomic E-state index is 12.9. The third-order valence-corrected chi connectivity index (χ3v) is 4.92. The summed E-state index contributed by atoms with van der Waals surface area (Å²) in [6.07, 6.45) is -0.0991. The van der Waals surface area contributed by atoms with Gasteiger partial charge in [-0.1, -0.05) is 30.3 Å². The Labute approximate surface area is 160 Å². The van der Waals surface area contributed by atoms with Crippen molar-refractivity contribution in [2.24, 2.45) is 0 Å². The number of fused-ring (bicyclic) bond motifs is 2. The Morgan fingerprint density at radius 1 is 0.821 bits per heavy atom. The van der Waals surface area contributed by atoms with Crippen LogP contribution >= 0.6 is 0 Å². The largest absolute Gasteiger partial charge is 0.459 e. The van der Waals surface area contributed by atoms with Crippen LogP contribution in [0, 0.1) is 0 Å². The molecule has 6 heteroatoms. The first kappa shape index (κ1) is 17.2. The maximum atomic E-state index is 12.9. The van der Waals surface area contributed by atoms with Crippen molar-refractivity contribution < 1.29 is 28.5 Å². The summed E-state index contributed by atoms with van der Waals surface area (Å²) in [6.45, 7) is 1.53. The Morgan fingerprint density at radius 2 is 1.43 bits per heavy atom. The Hall–Kier alpha value is -2.96. The number of epoxide rings is 2. The summed E-state index contributed by atoms with van der Waals surface area (Å²) in [6, 6.07) is 15.2. The molecular formula is C22H18O6. The fourth-order valence-electron chi connectivity index (χ4n) is 3.22. The van der Waals surface area contributed by atoms with Crippen LogP contribution in [0.2, 0.25) is 0 Å². The fraction of sp³-hybridized carbons (Fsp3) is 0.273. The zero-order valence-electron chi connectivity index (χ0n) is 15.1. The standard InChI is InChI=1S/C22H18O6/c23-21(27-11-16-9-25-16)18-6-5-15-7-13-3-1-2-4-14(13)8-19(15)20(18)22(24)28-12-17-10-26-17/h1-8,16-17H,9-12H2. The number of benzene rings is 3. The molecule has 2 unspecified atom stereocenters. The zero-order chi connectivity index (χ0) is 19.1. The van der Waals surface area contributed by atoms with E-state index < -0.39 is 11.9 Å². The number of hydrogen-bond acceptors (Lipinski definition) is 6. The molecule has 0 spiro atoms. The second-order valence-corrected chi connectivity index (χ2v) is 7.02. The molecule has 28 heavy (non-hydrogen) atoms. The molecule has 0 radical (unpaired) electrons. The first-order valence-electron chi connectivity index (χ1n) is 9.22. The van der Waals surface area contributed by atoms with Crippen molar-refractivity contribution in [1.82, 2.24) is 0 Å². The SMILES string of the molecule is O=C(OCC1CO1)c1ccc2cc3ccccc3cc2c1C(=O)OCC1CO1. The quantitative estimate of drug-likeness (QED) is 0.373. The molecule has 2 atom stereocenters. The van der Waals surface area contributed by atoms with Crippen molar-refractivity contribution in [2.45, 2.75) is 12.2 Å². The van der Waals surface area contributed by atoms with Crippen molar-refractivity contribution in [2.75, 3.05) is 26.4 Å². The van der Waals surface area contributed by atoms with E-state index in [1.54, 1.807) is 6.07 Å². The van der Waals surface area contributed by atoms with Crippen LogP contribution in [-0.2, 0) is 18.9 Å². The van der Waals surface area contributed by atoms with E-state index in [-0.39, 0.29) is 36.5 Å². The molecule has 2 heterocycles. The van der Waals surface area contributed by atoms with Gasteiger partial charge >= 0.3 is 11.9 Å². The van der Waals surface area contributed by atoms with Crippen molar-refractivity contribution in [3.63, 3.8) is 0 Å². The van der Waals surface area contributed by atoms with Gasteiger partial charge < -0.3 is 18.9 Å². The highest BCUT2D eigenvalue weighted by atomic mass is 16.6. The maximum Gasteiger partial charge on any atom is 0.339 e. The number of hydrogen-bond donors (Lipinski definition) is 0. The van der Waals surface area contributed by atoms with E-state index in [2.05, 4.69) is 0 Å². The lowest BCUT2D eigenvalue weighted by atomic mass is 9.96. The smallest absolute Gasteiger partial charge is 0.339 e. The van der Waals surface area contributed by atoms with E-state index in [0.29, 0.717) is 18.6 Å². The van der Waals surface area contributed by atoms with Crippen LogP contribution in [0.3, 0.4) is 0 Å². The zero-order valence-corrected chi connectivity index (χ0v) is 15.1. The lowest BCUT2D eigenvalue weighted by Crippen LogP contribution is -2.18. The highest BCUT2D eigenvalue weighted by Gasteiger charge is 2.29. The summed E-state index contributed by atoms with van der Waals surface area (Å²) in [7, 11) is 0. The Morgan fingerprint density at radius 3 is 2.07 bits per heavy atom. The molecule has 3 aromatic rings. The molecular weight excluding hydrogens is 360 g/mol. The lowest BCUT2D eigenvalue weighted by molar-refractivity contribution is 0.0432. The molecule has 2 fully saturated rings. The fourth-order valence-corrected chi connectivity index (χ4v) is 3.22. The lowest BCUT2D eigenvalue weighted by Gasteiger charge is -2.13. The van der Waals surface area contributed by atoms with Crippen LogP contribution < -0.4 is 0 Å². The monoisotopic (exact) mass is 378 g/mol. The number of ether oxygens (including phenoxy) is 4. The van der Waals surface area contributed by atoms with Crippen molar-refractivity contribution in [3.05, 3.63) is 59.7 Å². The molecule has 3 aromatic carbocycles. The molecule has 2 saturated heterocycles. The number of esters is 2. The van der Waals surface area contributed by atoms with E-state index in [1.807, 2.05) is 42.5 Å². The van der Waals surface area contributed by atoms with Gasteiger partial charge in [0.2, 0.25) is 0 Å². The second kappa shape index (κ2) is 6.89. The van der Waals surface area contributed by atoms with Crippen LogP contribution in [0.1, 0.15) is 20.7 Å². The van der Waals surface area contributed by atoms with Crippen LogP contribution in [0.4, 0.5) is 0 Å². The van der Waals surface area contributed by atoms with Crippen LogP contribution in [-0.4, -0.2) is 50.6 Å². The average Bonchev–Trinajstić information content (AvgIpc) is 3.62. The van der Waals surface area contributed by atoms with Gasteiger partial charge in [-0.25, -0.2) is 9.59 Å². The predicted octanol–water partition coefficient (Wildman–Crippen LogP) is 3.10. The third-order valence-electron chi connectivity index (χ3n) is 4.92. The molecule has 0 aromatic heterocycles. The van der Waals surface area contributed by atoms with Gasteiger partial charge in [0.15, 0.2) is 0 Å². The van der Waals surface area contributed by atoms with Crippen molar-refractivity contribution >= 4 is 33.5 Å². The van der Waals surface area contributed by atoms with E-state index >= 15 is 0 Å². The summed E-state index contributed by atoms with van der Waals surface area (Å²) in [5, 5.41) is 3.56. The first-order valence-corrected chi connectivity index (χ1v) is 9.22. The van der Waals surface area contributed by atoms with Crippen molar-refractivity contribution in [3.8, 4) is 0 Å². The Bertz CT molecular complexity index is 1080. The Balaban J connectivity index is 1.59. The van der Waals surface area contributed by atoms with E-state index in [4.69, 9.17) is 18.9 Å². The summed E-state index contributed by atoms with van der Waals surface area (Å²) >= 11 is 0. The highest BCUT2D eigenvalue weighted by Crippen LogP contribution is 2.29. The van der Waals surface area contributed by atoms with Gasteiger partial charge in [0.25, 0.3) is 0 Å². The van der Waals surface area contributed by atoms with Gasteiger partial charge in [0, 0.05) is 0 Å². The summed E-state index contributed by atoms with van der Waals surface area (Å²) in [5.41, 5.74) is 0.427. The van der Waals surface area contributed by atoms with Gasteiger partial charge in [-0.2, -0.15) is 0 Å². The average molecular weight is 378 g/mol. The van der Waals surface area contributed by atoms with Crippen LogP contribution in [0.5, 0.6) is 0 Å². The van der Waals surface area contributed by atoms with Gasteiger partial charge in [-0.15, -0.1) is 0 Å². The highest BCUT2D eigenvalue weighted by molar-refractivity contribution is 6.15. The molecule has 2 aliphatic rings. The van der Waals surface area contributed by atoms with Crippen LogP contribution in [0.25, 0.3) is 21.5 Å². The Kier molecular flexibility index (Phi) is 4.22. The van der Waals surface area contributed by atoms with E-state index in [1.165, 1.54) is 0 Å². The molecule has 5 rings (SSSR count). The van der Waals surface area contributed by atoms with E-state index in [9.17, 15) is 9.59 Å². The normalized spacial score (nSPS) is 20.1. The first-order chi connectivity index (χ1) is 13.7. The molecule has 6 nitrogen and oxygen atoms in total. The molecule has 0 N–H and O–H groups in total. The van der Waals surface area contributed by atoms with Gasteiger partial charge in [-0.3, -0.25) is 0 Å². The molecule has 0 saturated carbocycles. The van der Waals surface area contributed by atoms with Crippen molar-refractivity contribution in [1.29, 1.82) is 0 Å². The molecule has 142 valence electrons. The van der Waals surface area contributed by atoms with Gasteiger partial charge in [-0.05, 0) is 39.7 Å². The minimum absolute atomic E-state index is 0.0456. The van der Waals surface area contributed by atoms with Gasteiger partial charge in [0.1, 0.15) is 25.4 Å². The van der Waals surface area contributed by atoms with Crippen LogP contribution in [0.15, 0.2) is 48.5 Å². The molecule has 0 bridgehead atoms. The number of carbonyl (C=O) groups excluding carboxylic acids is 2. The molecule has 0 aliphatic carbocycles. The number of rotatable bonds is 6. The topological polar surface area (TPSA) is 77.7 Å². The summed E-state index contributed by atoms with van der Waals surface area (Å²) < 4.78 is 20.9. The second-order valence-electron chi connectivity index (χ2n) is 7.02.